The third kappa shape index (κ3) is 2.56. The van der Waals surface area contributed by atoms with Crippen molar-refractivity contribution in [3.05, 3.63) is 59.8 Å². The Labute approximate surface area is 133 Å². The second-order valence-corrected chi connectivity index (χ2v) is 6.29. The summed E-state index contributed by atoms with van der Waals surface area (Å²) in [6.07, 6.45) is 4.63. The lowest BCUT2D eigenvalue weighted by Crippen LogP contribution is -1.94. The van der Waals surface area contributed by atoms with Crippen LogP contribution in [0.5, 0.6) is 0 Å². The van der Waals surface area contributed by atoms with E-state index in [1.54, 1.807) is 0 Å². The molecule has 0 spiro atoms. The van der Waals surface area contributed by atoms with E-state index in [2.05, 4.69) is 81.0 Å². The van der Waals surface area contributed by atoms with E-state index in [9.17, 15) is 0 Å². The van der Waals surface area contributed by atoms with Gasteiger partial charge in [-0.3, -0.25) is 0 Å². The first-order chi connectivity index (χ1) is 10.6. The Morgan fingerprint density at radius 1 is 0.909 bits per heavy atom. The molecule has 0 saturated carbocycles. The minimum atomic E-state index is 0.688. The molecule has 3 rings (SSSR count). The molecule has 0 bridgehead atoms. The van der Waals surface area contributed by atoms with Crippen LogP contribution < -0.4 is 0 Å². The minimum absolute atomic E-state index is 0.688. The van der Waals surface area contributed by atoms with Gasteiger partial charge in [0.2, 0.25) is 0 Å². The lowest BCUT2D eigenvalue weighted by atomic mass is 9.92. The van der Waals surface area contributed by atoms with Gasteiger partial charge >= 0.3 is 0 Å². The summed E-state index contributed by atoms with van der Waals surface area (Å²) in [6.45, 7) is 6.73. The number of fused-ring (bicyclic) bond motifs is 1. The van der Waals surface area contributed by atoms with Crippen LogP contribution in [-0.4, -0.2) is 4.57 Å². The summed E-state index contributed by atoms with van der Waals surface area (Å²) >= 11 is 0. The van der Waals surface area contributed by atoms with E-state index in [1.807, 2.05) is 0 Å². The molecule has 0 unspecified atom stereocenters. The molecule has 0 aliphatic carbocycles. The van der Waals surface area contributed by atoms with E-state index >= 15 is 0 Å². The van der Waals surface area contributed by atoms with Gasteiger partial charge in [-0.25, -0.2) is 0 Å². The largest absolute Gasteiger partial charge is 0.350 e. The fourth-order valence-corrected chi connectivity index (χ4v) is 3.48. The Morgan fingerprint density at radius 2 is 1.55 bits per heavy atom. The Balaban J connectivity index is 1.99. The van der Waals surface area contributed by atoms with Crippen molar-refractivity contribution in [1.29, 1.82) is 0 Å². The summed E-state index contributed by atoms with van der Waals surface area (Å²) in [6, 6.07) is 15.9. The van der Waals surface area contributed by atoms with Gasteiger partial charge < -0.3 is 4.57 Å². The van der Waals surface area contributed by atoms with E-state index in [4.69, 9.17) is 0 Å². The molecule has 22 heavy (non-hydrogen) atoms. The summed E-state index contributed by atoms with van der Waals surface area (Å²) in [5, 5.41) is 1.35. The Kier molecular flexibility index (Phi) is 4.06. The zero-order chi connectivity index (χ0) is 15.7. The maximum Gasteiger partial charge on any atom is 0.0480 e. The van der Waals surface area contributed by atoms with Crippen LogP contribution in [0.3, 0.4) is 0 Å². The van der Waals surface area contributed by atoms with Gasteiger partial charge in [0, 0.05) is 24.1 Å². The molecule has 0 N–H and O–H groups in total. The zero-order valence-electron chi connectivity index (χ0n) is 14.1. The van der Waals surface area contributed by atoms with Crippen molar-refractivity contribution in [3.63, 3.8) is 0 Å². The Morgan fingerprint density at radius 3 is 2.18 bits per heavy atom. The average Bonchev–Trinajstić information content (AvgIpc) is 2.83. The van der Waals surface area contributed by atoms with E-state index < -0.39 is 0 Å². The molecule has 0 aliphatic rings. The van der Waals surface area contributed by atoms with Gasteiger partial charge in [0.25, 0.3) is 0 Å². The maximum absolute atomic E-state index is 2.32. The summed E-state index contributed by atoms with van der Waals surface area (Å²) < 4.78 is 2.20. The number of aryl methyl sites for hydroxylation is 2. The van der Waals surface area contributed by atoms with Gasteiger partial charge in [0.15, 0.2) is 0 Å². The van der Waals surface area contributed by atoms with Crippen molar-refractivity contribution in [3.8, 4) is 11.1 Å². The van der Waals surface area contributed by atoms with Gasteiger partial charge in [0.1, 0.15) is 0 Å². The zero-order valence-corrected chi connectivity index (χ0v) is 14.1. The van der Waals surface area contributed by atoms with Crippen LogP contribution in [0, 0.1) is 6.92 Å². The van der Waals surface area contributed by atoms with Crippen LogP contribution >= 0.6 is 0 Å². The SMILES string of the molecule is CCC(CC)c1ccc(-c2ccc3c(c2)c(C)cn3C)cc1. The van der Waals surface area contributed by atoms with Crippen molar-refractivity contribution in [2.75, 3.05) is 0 Å². The molecule has 114 valence electrons. The van der Waals surface area contributed by atoms with Crippen LogP contribution in [0.25, 0.3) is 22.0 Å². The fraction of sp³-hybridized carbons (Fsp3) is 0.333. The molecule has 1 nitrogen and oxygen atoms in total. The van der Waals surface area contributed by atoms with Crippen LogP contribution in [0.1, 0.15) is 43.7 Å². The van der Waals surface area contributed by atoms with E-state index in [-0.39, 0.29) is 0 Å². The normalized spacial score (nSPS) is 11.5. The summed E-state index contributed by atoms with van der Waals surface area (Å²) in [4.78, 5) is 0. The summed E-state index contributed by atoms with van der Waals surface area (Å²) in [5.41, 5.74) is 6.71. The van der Waals surface area contributed by atoms with Crippen molar-refractivity contribution >= 4 is 10.9 Å². The van der Waals surface area contributed by atoms with Gasteiger partial charge in [-0.15, -0.1) is 0 Å². The van der Waals surface area contributed by atoms with Crippen molar-refractivity contribution < 1.29 is 0 Å². The predicted molar refractivity (Wildman–Crippen MR) is 96.4 cm³/mol. The van der Waals surface area contributed by atoms with E-state index in [0.717, 1.165) is 0 Å². The third-order valence-electron chi connectivity index (χ3n) is 4.89. The van der Waals surface area contributed by atoms with Gasteiger partial charge in [-0.2, -0.15) is 0 Å². The minimum Gasteiger partial charge on any atom is -0.350 e. The predicted octanol–water partition coefficient (Wildman–Crippen LogP) is 6.06. The quantitative estimate of drug-likeness (QED) is 0.551. The van der Waals surface area contributed by atoms with Gasteiger partial charge in [-0.1, -0.05) is 44.2 Å². The molecule has 0 atom stereocenters. The lowest BCUT2D eigenvalue weighted by Gasteiger charge is -2.13. The molecule has 0 fully saturated rings. The molecular weight excluding hydrogens is 266 g/mol. The monoisotopic (exact) mass is 291 g/mol. The van der Waals surface area contributed by atoms with Crippen LogP contribution in [0.2, 0.25) is 0 Å². The molecule has 0 saturated heterocycles. The first-order valence-electron chi connectivity index (χ1n) is 8.30. The highest BCUT2D eigenvalue weighted by Gasteiger charge is 2.08. The first-order valence-corrected chi connectivity index (χ1v) is 8.30. The molecule has 0 amide bonds. The molecule has 1 heterocycles. The van der Waals surface area contributed by atoms with Crippen molar-refractivity contribution in [2.45, 2.75) is 39.5 Å². The molecule has 1 aromatic heterocycles. The topological polar surface area (TPSA) is 4.93 Å². The first kappa shape index (κ1) is 14.9. The average molecular weight is 291 g/mol. The number of hydrogen-bond donors (Lipinski definition) is 0. The second kappa shape index (κ2) is 6.00. The number of rotatable bonds is 4. The second-order valence-electron chi connectivity index (χ2n) is 6.29. The Hall–Kier alpha value is -2.02. The highest BCUT2D eigenvalue weighted by molar-refractivity contribution is 5.88. The molecule has 3 aromatic rings. The number of aromatic nitrogens is 1. The third-order valence-corrected chi connectivity index (χ3v) is 4.89. The number of benzene rings is 2. The highest BCUT2D eigenvalue weighted by Crippen LogP contribution is 2.29. The van der Waals surface area contributed by atoms with Crippen LogP contribution in [0.4, 0.5) is 0 Å². The van der Waals surface area contributed by atoms with Crippen LogP contribution in [0.15, 0.2) is 48.7 Å². The Bertz CT molecular complexity index is 774. The molecule has 2 aromatic carbocycles. The van der Waals surface area contributed by atoms with Gasteiger partial charge in [0.05, 0.1) is 0 Å². The number of hydrogen-bond acceptors (Lipinski definition) is 0. The summed E-state index contributed by atoms with van der Waals surface area (Å²) in [5.74, 6) is 0.688. The van der Waals surface area contributed by atoms with Crippen molar-refractivity contribution in [1.82, 2.24) is 4.57 Å². The fourth-order valence-electron chi connectivity index (χ4n) is 3.48. The number of nitrogens with zero attached hydrogens (tertiary/aromatic N) is 1. The molecule has 0 radical (unpaired) electrons. The van der Waals surface area contributed by atoms with Gasteiger partial charge in [-0.05, 0) is 60.1 Å². The highest BCUT2D eigenvalue weighted by atomic mass is 14.9. The molecular formula is C21H25N. The summed E-state index contributed by atoms with van der Waals surface area (Å²) in [7, 11) is 2.11. The van der Waals surface area contributed by atoms with Crippen LogP contribution in [-0.2, 0) is 7.05 Å². The smallest absolute Gasteiger partial charge is 0.0480 e. The van der Waals surface area contributed by atoms with Crippen molar-refractivity contribution in [2.24, 2.45) is 7.05 Å². The van der Waals surface area contributed by atoms with E-state index in [1.165, 1.54) is 46.0 Å². The molecule has 0 aliphatic heterocycles. The maximum atomic E-state index is 2.32. The lowest BCUT2D eigenvalue weighted by molar-refractivity contribution is 0.642. The van der Waals surface area contributed by atoms with E-state index in [0.29, 0.717) is 5.92 Å². The molecule has 1 heteroatoms. The standard InChI is InChI=1S/C21H25N/c1-5-16(6-2)17-7-9-18(10-8-17)19-11-12-21-20(13-19)15(3)14-22(21)4/h7-14,16H,5-6H2,1-4H3.